The summed E-state index contributed by atoms with van der Waals surface area (Å²) >= 11 is 0. The van der Waals surface area contributed by atoms with Crippen molar-refractivity contribution in [3.63, 3.8) is 0 Å². The van der Waals surface area contributed by atoms with Crippen molar-refractivity contribution < 1.29 is 45.9 Å². The average molecular weight is 358 g/mol. The van der Waals surface area contributed by atoms with E-state index in [-0.39, 0.29) is 5.56 Å². The molecule has 0 aliphatic rings. The van der Waals surface area contributed by atoms with Gasteiger partial charge in [0.05, 0.1) is 10.5 Å². The van der Waals surface area contributed by atoms with Crippen LogP contribution in [0.3, 0.4) is 0 Å². The van der Waals surface area contributed by atoms with Crippen molar-refractivity contribution in [2.75, 3.05) is 0 Å². The van der Waals surface area contributed by atoms with E-state index < -0.39 is 45.5 Å². The minimum atomic E-state index is -5.33. The first kappa shape index (κ1) is 19.4. The van der Waals surface area contributed by atoms with Crippen molar-refractivity contribution in [2.45, 2.75) is 36.3 Å². The van der Waals surface area contributed by atoms with Gasteiger partial charge in [-0.15, -0.1) is 0 Å². The summed E-state index contributed by atoms with van der Waals surface area (Å²) < 4.78 is 72.2. The molecule has 1 aromatic rings. The zero-order chi connectivity index (χ0) is 18.1. The van der Waals surface area contributed by atoms with Crippen LogP contribution < -0.4 is 0 Å². The van der Waals surface area contributed by atoms with Crippen LogP contribution >= 0.6 is 0 Å². The Morgan fingerprint density at radius 3 is 2.35 bits per heavy atom. The Labute approximate surface area is 129 Å². The second-order valence-corrected chi connectivity index (χ2v) is 6.16. The molecule has 0 saturated carbocycles. The monoisotopic (exact) mass is 358 g/mol. The van der Waals surface area contributed by atoms with Crippen LogP contribution in [0.25, 0.3) is 0 Å². The Morgan fingerprint density at radius 2 is 1.87 bits per heavy atom. The number of hydrogen-bond acceptors (Lipinski definition) is 6. The maximum absolute atomic E-state index is 12.3. The number of carbonyl (C=O) groups excluding carboxylic acids is 1. The third-order valence-electron chi connectivity index (χ3n) is 2.70. The third kappa shape index (κ3) is 5.16. The number of halogens is 3. The normalized spacial score (nSPS) is 14.4. The first-order valence-electron chi connectivity index (χ1n) is 6.04. The molecule has 0 amide bonds. The number of aliphatic hydroxyl groups is 2. The van der Waals surface area contributed by atoms with E-state index in [1.165, 1.54) is 0 Å². The third-order valence-corrected chi connectivity index (χ3v) is 3.55. The van der Waals surface area contributed by atoms with Gasteiger partial charge in [0.25, 0.3) is 15.9 Å². The molecule has 0 spiro atoms. The van der Waals surface area contributed by atoms with Crippen molar-refractivity contribution >= 4 is 16.1 Å². The van der Waals surface area contributed by atoms with Crippen molar-refractivity contribution in [1.82, 2.24) is 0 Å². The second kappa shape index (κ2) is 6.43. The van der Waals surface area contributed by atoms with E-state index in [1.807, 2.05) is 0 Å². The summed E-state index contributed by atoms with van der Waals surface area (Å²) in [5, 5.41) is 17.8. The predicted octanol–water partition coefficient (Wildman–Crippen LogP) is 1.11. The Balaban J connectivity index is 2.85. The van der Waals surface area contributed by atoms with Gasteiger partial charge >= 0.3 is 12.1 Å². The minimum absolute atomic E-state index is 0.347. The largest absolute Gasteiger partial charge is 0.459 e. The van der Waals surface area contributed by atoms with E-state index in [4.69, 9.17) is 14.8 Å². The fraction of sp³-hybridized carbons (Fsp3) is 0.417. The molecule has 11 heteroatoms. The van der Waals surface area contributed by atoms with E-state index in [0.717, 1.165) is 31.2 Å². The molecule has 1 atom stereocenters. The van der Waals surface area contributed by atoms with Gasteiger partial charge in [-0.05, 0) is 25.1 Å². The SMILES string of the molecule is CC(CC(O)(O)C(F)(F)F)OC(=O)c1cccc(S(=O)(=O)O)c1. The number of esters is 1. The maximum atomic E-state index is 12.3. The number of rotatable bonds is 5. The molecule has 0 aliphatic carbocycles. The second-order valence-electron chi connectivity index (χ2n) is 4.74. The van der Waals surface area contributed by atoms with Crippen LogP contribution in [-0.2, 0) is 14.9 Å². The minimum Gasteiger partial charge on any atom is -0.459 e. The van der Waals surface area contributed by atoms with Gasteiger partial charge in [0.2, 0.25) is 0 Å². The number of alkyl halides is 3. The lowest BCUT2D eigenvalue weighted by atomic mass is 10.1. The smallest absolute Gasteiger partial charge is 0.442 e. The molecule has 130 valence electrons. The Morgan fingerprint density at radius 1 is 1.30 bits per heavy atom. The van der Waals surface area contributed by atoms with Crippen LogP contribution in [0.5, 0.6) is 0 Å². The lowest BCUT2D eigenvalue weighted by Crippen LogP contribution is -2.47. The van der Waals surface area contributed by atoms with Gasteiger partial charge in [-0.1, -0.05) is 6.07 Å². The van der Waals surface area contributed by atoms with Gasteiger partial charge in [-0.3, -0.25) is 4.55 Å². The van der Waals surface area contributed by atoms with Crippen molar-refractivity contribution in [3.05, 3.63) is 29.8 Å². The average Bonchev–Trinajstić information content (AvgIpc) is 2.35. The summed E-state index contributed by atoms with van der Waals surface area (Å²) in [6.45, 7) is 0.997. The van der Waals surface area contributed by atoms with Crippen molar-refractivity contribution in [3.8, 4) is 0 Å². The van der Waals surface area contributed by atoms with Crippen LogP contribution in [0, 0.1) is 0 Å². The highest BCUT2D eigenvalue weighted by Gasteiger charge is 2.53. The van der Waals surface area contributed by atoms with Crippen molar-refractivity contribution in [2.24, 2.45) is 0 Å². The molecular weight excluding hydrogens is 345 g/mol. The van der Waals surface area contributed by atoms with Gasteiger partial charge in [0.1, 0.15) is 6.10 Å². The molecule has 7 nitrogen and oxygen atoms in total. The number of hydrogen-bond donors (Lipinski definition) is 3. The highest BCUT2D eigenvalue weighted by Crippen LogP contribution is 2.32. The number of benzene rings is 1. The van der Waals surface area contributed by atoms with Crippen molar-refractivity contribution in [1.29, 1.82) is 0 Å². The summed E-state index contributed by atoms with van der Waals surface area (Å²) in [5.74, 6) is -5.23. The Bertz CT molecular complexity index is 682. The lowest BCUT2D eigenvalue weighted by molar-refractivity contribution is -0.355. The molecule has 0 bridgehead atoms. The number of ether oxygens (including phenoxy) is 1. The summed E-state index contributed by atoms with van der Waals surface area (Å²) in [4.78, 5) is 11.1. The van der Waals surface area contributed by atoms with Gasteiger partial charge in [0.15, 0.2) is 0 Å². The fourth-order valence-electron chi connectivity index (χ4n) is 1.59. The molecule has 0 aliphatic heterocycles. The molecular formula is C12H13F3O7S. The first-order chi connectivity index (χ1) is 10.2. The molecule has 1 rings (SSSR count). The maximum Gasteiger partial charge on any atom is 0.442 e. The van der Waals surface area contributed by atoms with Crippen LogP contribution in [0.4, 0.5) is 13.2 Å². The zero-order valence-electron chi connectivity index (χ0n) is 11.6. The molecule has 0 radical (unpaired) electrons. The van der Waals surface area contributed by atoms with Crippen LogP contribution in [0.1, 0.15) is 23.7 Å². The molecule has 1 aromatic carbocycles. The van der Waals surface area contributed by atoms with Crippen LogP contribution in [-0.4, -0.2) is 47.2 Å². The fourth-order valence-corrected chi connectivity index (χ4v) is 2.12. The van der Waals surface area contributed by atoms with Gasteiger partial charge in [-0.25, -0.2) is 4.79 Å². The summed E-state index contributed by atoms with van der Waals surface area (Å²) in [5.41, 5.74) is -0.347. The summed E-state index contributed by atoms with van der Waals surface area (Å²) in [6.07, 6.45) is -8.20. The zero-order valence-corrected chi connectivity index (χ0v) is 12.4. The van der Waals surface area contributed by atoms with Crippen LogP contribution in [0.15, 0.2) is 29.2 Å². The highest BCUT2D eigenvalue weighted by molar-refractivity contribution is 7.85. The standard InChI is InChI=1S/C12H13F3O7S/c1-7(6-11(17,18)12(13,14)15)22-10(16)8-3-2-4-9(5-8)23(19,20)21/h2-5,7,17-18H,6H2,1H3,(H,19,20,21). The molecule has 3 N–H and O–H groups in total. The number of carbonyl (C=O) groups is 1. The van der Waals surface area contributed by atoms with E-state index in [1.54, 1.807) is 0 Å². The lowest BCUT2D eigenvalue weighted by Gasteiger charge is -2.27. The van der Waals surface area contributed by atoms with Gasteiger partial charge in [0, 0.05) is 6.42 Å². The highest BCUT2D eigenvalue weighted by atomic mass is 32.2. The molecule has 0 saturated heterocycles. The molecule has 0 fully saturated rings. The summed E-state index contributed by atoms with van der Waals surface area (Å²) in [7, 11) is -4.57. The molecule has 0 heterocycles. The van der Waals surface area contributed by atoms with E-state index in [9.17, 15) is 26.4 Å². The summed E-state index contributed by atoms with van der Waals surface area (Å²) in [6, 6.07) is 3.98. The quantitative estimate of drug-likeness (QED) is 0.409. The molecule has 0 aromatic heterocycles. The Hall–Kier alpha value is -1.69. The first-order valence-corrected chi connectivity index (χ1v) is 7.48. The van der Waals surface area contributed by atoms with E-state index >= 15 is 0 Å². The topological polar surface area (TPSA) is 121 Å². The molecule has 23 heavy (non-hydrogen) atoms. The predicted molar refractivity (Wildman–Crippen MR) is 69.0 cm³/mol. The van der Waals surface area contributed by atoms with E-state index in [0.29, 0.717) is 0 Å². The van der Waals surface area contributed by atoms with Gasteiger partial charge < -0.3 is 14.9 Å². The van der Waals surface area contributed by atoms with Gasteiger partial charge in [-0.2, -0.15) is 21.6 Å². The van der Waals surface area contributed by atoms with Crippen LogP contribution in [0.2, 0.25) is 0 Å². The molecule has 1 unspecified atom stereocenters. The Kier molecular flexibility index (Phi) is 5.41. The van der Waals surface area contributed by atoms with E-state index in [2.05, 4.69) is 4.74 Å².